The van der Waals surface area contributed by atoms with Crippen LogP contribution in [0.5, 0.6) is 0 Å². The zero-order chi connectivity index (χ0) is 74.5. The Balaban J connectivity index is 0.000000559. The molecule has 0 amide bonds. The topological polar surface area (TPSA) is 0 Å². The van der Waals surface area contributed by atoms with Gasteiger partial charge < -0.3 is 0 Å². The standard InChI is InChI=1S/C16H18.C14H16.C12H16.C11H16.C10H20.C10H14.C8H18.C7H14.C7H16.C4H10/c1-13(2)12-14-8-10-16(11-9-14)15-6-4-3-5-7-15;1-11(2)9-12-7-8-13-5-3-4-6-14(13)10-12;1-9(2)12-7-10-5-3-4-6-11(10)8-12;1-10(2)8-9-11-6-4-3-5-7-11;2*1-9(2)8-10-6-4-3-5-7-10;1-7(2,3)8(4,5)6;1-6(2)5-7-3-4-7;1-6(2)5-7(3)4;1-4(2)3/h3-11,13H,12H2,1-2H3;3-8,10-11H,9H2,1-2H3;3-6,9,12H,7-8H2,1-2H3;3-7,10H,8-9H2,1-2H3;9-10H,3-8H2,1-2H3;3-7,9H,8H2,1-2H3;1-6H3;6-7H,3-5H2,1-2H3;6-7H,5H2,1-4H3;4H,1-3H3. The molecule has 2 fully saturated rings. The fourth-order valence-electron chi connectivity index (χ4n) is 12.1. The number of benzene rings is 7. The highest BCUT2D eigenvalue weighted by molar-refractivity contribution is 5.83. The molecular weight excluding hydrogens is 1190 g/mol. The van der Waals surface area contributed by atoms with E-state index in [0.29, 0.717) is 10.8 Å². The lowest BCUT2D eigenvalue weighted by Gasteiger charge is -2.34. The van der Waals surface area contributed by atoms with Crippen molar-refractivity contribution >= 4 is 10.8 Å². The average molecular weight is 1350 g/mol. The maximum atomic E-state index is 2.34. The molecular formula is C99H158. The van der Waals surface area contributed by atoms with E-state index in [0.717, 1.165) is 83.4 Å². The van der Waals surface area contributed by atoms with Crippen molar-refractivity contribution in [3.8, 4) is 11.1 Å². The molecule has 0 unspecified atom stereocenters. The first-order chi connectivity index (χ1) is 46.5. The average Bonchev–Trinajstić information content (AvgIpc) is 1.84. The first-order valence-electron chi connectivity index (χ1n) is 40.3. The van der Waals surface area contributed by atoms with Crippen LogP contribution in [0.15, 0.2) is 182 Å². The highest BCUT2D eigenvalue weighted by atomic mass is 14.3. The van der Waals surface area contributed by atoms with Gasteiger partial charge in [0.1, 0.15) is 0 Å². The molecule has 3 aliphatic rings. The van der Waals surface area contributed by atoms with Crippen LogP contribution >= 0.6 is 0 Å². The van der Waals surface area contributed by atoms with E-state index in [1.807, 2.05) is 0 Å². The molecule has 7 aromatic carbocycles. The van der Waals surface area contributed by atoms with Crippen molar-refractivity contribution in [1.82, 2.24) is 0 Å². The Bertz CT molecular complexity index is 2900. The third-order valence-electron chi connectivity index (χ3n) is 18.8. The fraction of sp³-hybridized carbons (Fsp3) is 0.596. The van der Waals surface area contributed by atoms with Gasteiger partial charge in [-0.1, -0.05) is 414 Å². The Morgan fingerprint density at radius 1 is 0.313 bits per heavy atom. The third-order valence-corrected chi connectivity index (χ3v) is 18.8. The lowest BCUT2D eigenvalue weighted by molar-refractivity contribution is 0.157. The normalized spacial score (nSPS) is 13.5. The van der Waals surface area contributed by atoms with E-state index in [-0.39, 0.29) is 0 Å². The number of aryl methyl sites for hydroxylation is 1. The number of hydrogen-bond donors (Lipinski definition) is 0. The quantitative estimate of drug-likeness (QED) is 0.0852. The Kier molecular flexibility index (Phi) is 48.1. The molecule has 0 radical (unpaired) electrons. The second-order valence-corrected chi connectivity index (χ2v) is 36.1. The van der Waals surface area contributed by atoms with Gasteiger partial charge in [-0.3, -0.25) is 0 Å². The summed E-state index contributed by atoms with van der Waals surface area (Å²) in [7, 11) is 0. The van der Waals surface area contributed by atoms with Crippen LogP contribution in [-0.4, -0.2) is 0 Å². The van der Waals surface area contributed by atoms with E-state index in [9.17, 15) is 0 Å². The maximum absolute atomic E-state index is 2.34. The summed E-state index contributed by atoms with van der Waals surface area (Å²) in [5.41, 5.74) is 12.4. The van der Waals surface area contributed by atoms with Gasteiger partial charge in [-0.2, -0.15) is 0 Å². The van der Waals surface area contributed by atoms with Gasteiger partial charge in [0.15, 0.2) is 0 Å². The number of fused-ring (bicyclic) bond motifs is 2. The van der Waals surface area contributed by atoms with Gasteiger partial charge in [0, 0.05) is 0 Å². The molecule has 7 aromatic rings. The van der Waals surface area contributed by atoms with Crippen LogP contribution < -0.4 is 0 Å². The van der Waals surface area contributed by atoms with E-state index >= 15 is 0 Å². The molecule has 0 heteroatoms. The van der Waals surface area contributed by atoms with Gasteiger partial charge in [0.25, 0.3) is 0 Å². The van der Waals surface area contributed by atoms with Crippen molar-refractivity contribution in [2.45, 2.75) is 296 Å². The second-order valence-electron chi connectivity index (χ2n) is 36.1. The SMILES string of the molecule is CC(C)(C)C(C)(C)C.CC(C)C.CC(C)C1Cc2ccccc2C1.CC(C)CC(C)C.CC(C)CC1CC1.CC(C)CC1CCCCC1.CC(C)CCc1ccccc1.CC(C)Cc1ccc(-c2ccccc2)cc1.CC(C)Cc1ccc2ccccc2c1.CC(C)Cc1ccccc1. The minimum Gasteiger partial charge on any atom is -0.0630 e. The van der Waals surface area contributed by atoms with Gasteiger partial charge in [0.2, 0.25) is 0 Å². The molecule has 0 aromatic heterocycles. The van der Waals surface area contributed by atoms with Crippen LogP contribution in [-0.2, 0) is 38.5 Å². The van der Waals surface area contributed by atoms with Crippen molar-refractivity contribution in [3.63, 3.8) is 0 Å². The molecule has 0 heterocycles. The summed E-state index contributed by atoms with van der Waals surface area (Å²) in [6, 6.07) is 64.8. The van der Waals surface area contributed by atoms with Crippen molar-refractivity contribution in [3.05, 3.63) is 215 Å². The summed E-state index contributed by atoms with van der Waals surface area (Å²) < 4.78 is 0. The minimum atomic E-state index is 0.437. The molecule has 3 aliphatic carbocycles. The zero-order valence-electron chi connectivity index (χ0n) is 69.8. The highest BCUT2D eigenvalue weighted by Gasteiger charge is 2.27. The third kappa shape index (κ3) is 49.1. The van der Waals surface area contributed by atoms with Gasteiger partial charge in [-0.25, -0.2) is 0 Å². The maximum Gasteiger partial charge on any atom is -0.0181 e. The van der Waals surface area contributed by atoms with Crippen LogP contribution in [0, 0.1) is 87.8 Å². The summed E-state index contributed by atoms with van der Waals surface area (Å²) in [4.78, 5) is 0. The predicted molar refractivity (Wildman–Crippen MR) is 452 cm³/mol. The van der Waals surface area contributed by atoms with Crippen molar-refractivity contribution in [2.24, 2.45) is 87.8 Å². The summed E-state index contributed by atoms with van der Waals surface area (Å²) in [6.45, 7) is 61.2. The molecule has 0 N–H and O–H groups in total. The predicted octanol–water partition coefficient (Wildman–Crippen LogP) is 31.3. The second kappa shape index (κ2) is 51.9. The van der Waals surface area contributed by atoms with Crippen LogP contribution in [0.2, 0.25) is 0 Å². The summed E-state index contributed by atoms with van der Waals surface area (Å²) in [5.74, 6) is 11.4. The molecule has 0 nitrogen and oxygen atoms in total. The van der Waals surface area contributed by atoms with E-state index in [4.69, 9.17) is 0 Å². The largest absolute Gasteiger partial charge is 0.0630 e. The van der Waals surface area contributed by atoms with E-state index in [2.05, 4.69) is 369 Å². The summed E-state index contributed by atoms with van der Waals surface area (Å²) >= 11 is 0. The molecule has 2 saturated carbocycles. The zero-order valence-corrected chi connectivity index (χ0v) is 69.8. The summed E-state index contributed by atoms with van der Waals surface area (Å²) in [5, 5.41) is 2.69. The Morgan fingerprint density at radius 3 is 1.04 bits per heavy atom. The van der Waals surface area contributed by atoms with Crippen LogP contribution in [0.1, 0.15) is 291 Å². The lowest BCUT2D eigenvalue weighted by atomic mass is 9.71. The first kappa shape index (κ1) is 91.8. The molecule has 0 atom stereocenters. The molecule has 554 valence electrons. The Labute approximate surface area is 617 Å². The number of rotatable bonds is 17. The lowest BCUT2D eigenvalue weighted by Crippen LogP contribution is -2.25. The molecule has 0 aliphatic heterocycles. The minimum absolute atomic E-state index is 0.437. The van der Waals surface area contributed by atoms with Gasteiger partial charge in [-0.05, 0) is 207 Å². The van der Waals surface area contributed by atoms with Gasteiger partial charge in [0.05, 0.1) is 0 Å². The first-order valence-corrected chi connectivity index (χ1v) is 40.3. The van der Waals surface area contributed by atoms with Crippen molar-refractivity contribution in [1.29, 1.82) is 0 Å². The van der Waals surface area contributed by atoms with E-state index in [1.165, 1.54) is 147 Å². The van der Waals surface area contributed by atoms with E-state index < -0.39 is 0 Å². The smallest absolute Gasteiger partial charge is 0.0181 e. The van der Waals surface area contributed by atoms with E-state index in [1.54, 1.807) is 11.1 Å². The monoisotopic (exact) mass is 1350 g/mol. The van der Waals surface area contributed by atoms with Gasteiger partial charge in [-0.15, -0.1) is 0 Å². The summed E-state index contributed by atoms with van der Waals surface area (Å²) in [6.07, 6.45) is 23.5. The van der Waals surface area contributed by atoms with Crippen LogP contribution in [0.3, 0.4) is 0 Å². The molecule has 0 spiro atoms. The van der Waals surface area contributed by atoms with Gasteiger partial charge >= 0.3 is 0 Å². The van der Waals surface area contributed by atoms with Crippen LogP contribution in [0.4, 0.5) is 0 Å². The molecule has 0 saturated heterocycles. The van der Waals surface area contributed by atoms with Crippen molar-refractivity contribution < 1.29 is 0 Å². The molecule has 99 heavy (non-hydrogen) atoms. The molecule has 0 bridgehead atoms. The van der Waals surface area contributed by atoms with Crippen LogP contribution in [0.25, 0.3) is 21.9 Å². The number of hydrogen-bond acceptors (Lipinski definition) is 0. The molecule has 10 rings (SSSR count). The fourth-order valence-corrected chi connectivity index (χ4v) is 12.1. The highest BCUT2D eigenvalue weighted by Crippen LogP contribution is 2.37. The Hall–Kier alpha value is -5.20. The van der Waals surface area contributed by atoms with Crippen molar-refractivity contribution in [2.75, 3.05) is 0 Å². The Morgan fingerprint density at radius 2 is 0.667 bits per heavy atom.